The van der Waals surface area contributed by atoms with Crippen molar-refractivity contribution in [3.63, 3.8) is 0 Å². The van der Waals surface area contributed by atoms with Gasteiger partial charge in [-0.25, -0.2) is 9.36 Å². The fourth-order valence-corrected chi connectivity index (χ4v) is 11.5. The summed E-state index contributed by atoms with van der Waals surface area (Å²) in [6.07, 6.45) is 39.1. The van der Waals surface area contributed by atoms with E-state index >= 15 is 0 Å². The number of nitrogens with zero attached hydrogens (tertiary/aromatic N) is 1. The van der Waals surface area contributed by atoms with E-state index in [0.29, 0.717) is 50.6 Å². The molecule has 17 heteroatoms. The number of allylic oxidation sites excluding steroid dienone is 2. The lowest BCUT2D eigenvalue weighted by Gasteiger charge is -2.22. The third-order valence-corrected chi connectivity index (χ3v) is 16.0. The minimum Gasteiger partial charge on any atom is -0.462 e. The van der Waals surface area contributed by atoms with Crippen molar-refractivity contribution in [2.45, 2.75) is 256 Å². The number of amides is 3. The molecule has 3 amide bonds. The van der Waals surface area contributed by atoms with Gasteiger partial charge in [0.05, 0.1) is 25.3 Å². The molecule has 2 aliphatic heterocycles. The summed E-state index contributed by atoms with van der Waals surface area (Å²) in [5, 5.41) is 9.45. The topological polar surface area (TPSA) is 199 Å². The van der Waals surface area contributed by atoms with Gasteiger partial charge in [-0.05, 0) is 64.3 Å². The highest BCUT2D eigenvalue weighted by atomic mass is 32.2. The number of urea groups is 1. The molecule has 0 aromatic rings. The first-order valence-corrected chi connectivity index (χ1v) is 31.4. The molecule has 4 unspecified atom stereocenters. The van der Waals surface area contributed by atoms with Crippen molar-refractivity contribution < 1.29 is 52.0 Å². The number of unbranched alkanes of at least 4 members (excludes halogenated alkanes) is 24. The third kappa shape index (κ3) is 35.7. The van der Waals surface area contributed by atoms with E-state index in [2.05, 4.69) is 41.9 Å². The van der Waals surface area contributed by atoms with Gasteiger partial charge < -0.3 is 40.0 Å². The average molecular weight is 1060 g/mol. The second-order valence-electron chi connectivity index (χ2n) is 20.0. The molecule has 0 spiro atoms. The lowest BCUT2D eigenvalue weighted by Crippen LogP contribution is -2.37. The third-order valence-electron chi connectivity index (χ3n) is 13.5. The van der Waals surface area contributed by atoms with Gasteiger partial charge in [-0.2, -0.15) is 11.8 Å². The number of aldehydes is 1. The zero-order valence-electron chi connectivity index (χ0n) is 45.1. The molecule has 0 aliphatic carbocycles. The van der Waals surface area contributed by atoms with Crippen molar-refractivity contribution in [2.24, 2.45) is 0 Å². The van der Waals surface area contributed by atoms with E-state index in [-0.39, 0.29) is 63.0 Å². The van der Waals surface area contributed by atoms with Crippen molar-refractivity contribution in [1.82, 2.24) is 20.9 Å². The lowest BCUT2D eigenvalue weighted by atomic mass is 10.0. The van der Waals surface area contributed by atoms with Crippen LogP contribution in [0.25, 0.3) is 0 Å². The fourth-order valence-electron chi connectivity index (χ4n) is 9.21. The highest BCUT2D eigenvalue weighted by Gasteiger charge is 2.42. The normalized spacial score (nSPS) is 17.6. The highest BCUT2D eigenvalue weighted by Crippen LogP contribution is 2.43. The standard InChI is InChI=1S/C55H101N4O11PS/c1-3-5-7-9-11-13-15-17-18-20-22-24-26-28-30-38-53(63)70-48(45-67-52(62)37-29-27-25-23-21-19-16-14-12-10-8-6-4-2)46-69-71(65,66)68-44-40-56-39-33-41-59(42-34-43-60)51(61)36-32-31-35-50-54-49(47-72-50)57-55(64)58-54/h17-18,43,48-50,54,56H,3-16,19-42,44-47H2,1-2H3,(H,65,66)(H2,57,58,64)/t48-,49?,50?,54?/m1/s1. The van der Waals surface area contributed by atoms with Gasteiger partial charge in [0.2, 0.25) is 5.91 Å². The van der Waals surface area contributed by atoms with Gasteiger partial charge in [-0.15, -0.1) is 0 Å². The van der Waals surface area contributed by atoms with Crippen LogP contribution in [0.1, 0.15) is 232 Å². The Kier molecular flexibility index (Phi) is 40.8. The number of phosphoric ester groups is 1. The van der Waals surface area contributed by atoms with Crippen molar-refractivity contribution in [3.05, 3.63) is 12.2 Å². The van der Waals surface area contributed by atoms with Crippen molar-refractivity contribution in [2.75, 3.05) is 51.8 Å². The number of phosphoric acid groups is 1. The van der Waals surface area contributed by atoms with Crippen LogP contribution < -0.4 is 16.0 Å². The van der Waals surface area contributed by atoms with E-state index in [0.717, 1.165) is 89.1 Å². The van der Waals surface area contributed by atoms with Crippen molar-refractivity contribution in [3.8, 4) is 0 Å². The molecule has 0 saturated carbocycles. The molecule has 2 rings (SSSR count). The fraction of sp³-hybridized carbons (Fsp3) is 0.873. The molecule has 5 atom stereocenters. The molecule has 4 N–H and O–H groups in total. The summed E-state index contributed by atoms with van der Waals surface area (Å²) in [6.45, 7) is 5.13. The predicted molar refractivity (Wildman–Crippen MR) is 291 cm³/mol. The van der Waals surface area contributed by atoms with Crippen LogP contribution in [0.2, 0.25) is 0 Å². The molecule has 15 nitrogen and oxygen atoms in total. The molecular weight excluding hydrogens is 956 g/mol. The predicted octanol–water partition coefficient (Wildman–Crippen LogP) is 12.2. The second-order valence-corrected chi connectivity index (χ2v) is 22.8. The summed E-state index contributed by atoms with van der Waals surface area (Å²) < 4.78 is 34.4. The van der Waals surface area contributed by atoms with E-state index in [1.54, 1.807) is 4.90 Å². The Morgan fingerprint density at radius 2 is 1.24 bits per heavy atom. The maximum absolute atomic E-state index is 13.0. The van der Waals surface area contributed by atoms with E-state index < -0.39 is 32.5 Å². The Labute approximate surface area is 440 Å². The highest BCUT2D eigenvalue weighted by molar-refractivity contribution is 8.00. The minimum absolute atomic E-state index is 0.00275. The van der Waals surface area contributed by atoms with Gasteiger partial charge in [0.1, 0.15) is 12.9 Å². The Bertz CT molecular complexity index is 1490. The Morgan fingerprint density at radius 3 is 1.83 bits per heavy atom. The quantitative estimate of drug-likeness (QED) is 0.0112. The SMILES string of the molecule is CCCCCCCCC=CCCCCCCCC(=O)O[C@H](COC(=O)CCCCCCCCCCCCCCC)COP(=O)(O)OCCNCCCN(CCC=O)C(=O)CCCCC1SCC2NC(=O)NC21. The van der Waals surface area contributed by atoms with Gasteiger partial charge in [-0.3, -0.25) is 23.4 Å². The van der Waals surface area contributed by atoms with E-state index in [9.17, 15) is 33.4 Å². The first kappa shape index (κ1) is 65.6. The number of carbonyl (C=O) groups is 5. The molecule has 0 bridgehead atoms. The molecule has 72 heavy (non-hydrogen) atoms. The summed E-state index contributed by atoms with van der Waals surface area (Å²) in [6, 6.07) is 0.214. The summed E-state index contributed by atoms with van der Waals surface area (Å²) in [5.74, 6) is 0.0163. The van der Waals surface area contributed by atoms with Crippen LogP contribution in [0.5, 0.6) is 0 Å². The Morgan fingerprint density at radius 1 is 0.681 bits per heavy atom. The monoisotopic (exact) mass is 1060 g/mol. The molecule has 0 radical (unpaired) electrons. The molecule has 2 aliphatic rings. The van der Waals surface area contributed by atoms with Crippen LogP contribution in [0.3, 0.4) is 0 Å². The largest absolute Gasteiger partial charge is 0.472 e. The molecule has 2 heterocycles. The number of fused-ring (bicyclic) bond motifs is 1. The van der Waals surface area contributed by atoms with E-state index in [4.69, 9.17) is 18.5 Å². The number of hydrogen-bond donors (Lipinski definition) is 4. The van der Waals surface area contributed by atoms with Gasteiger partial charge in [0.15, 0.2) is 6.10 Å². The summed E-state index contributed by atoms with van der Waals surface area (Å²) in [7, 11) is -4.55. The number of ether oxygens (including phenoxy) is 2. The van der Waals surface area contributed by atoms with Crippen LogP contribution in [0.4, 0.5) is 4.79 Å². The minimum atomic E-state index is -4.55. The molecule has 2 saturated heterocycles. The number of hydrogen-bond acceptors (Lipinski definition) is 12. The summed E-state index contributed by atoms with van der Waals surface area (Å²) >= 11 is 1.86. The number of carbonyl (C=O) groups excluding carboxylic acids is 5. The lowest BCUT2D eigenvalue weighted by molar-refractivity contribution is -0.161. The van der Waals surface area contributed by atoms with Crippen LogP contribution in [0, 0.1) is 0 Å². The first-order chi connectivity index (χ1) is 35.1. The second kappa shape index (κ2) is 44.8. The van der Waals surface area contributed by atoms with Gasteiger partial charge >= 0.3 is 25.8 Å². The Hall–Kier alpha value is -2.49. The van der Waals surface area contributed by atoms with E-state index in [1.807, 2.05) is 11.8 Å². The van der Waals surface area contributed by atoms with Crippen molar-refractivity contribution in [1.29, 1.82) is 0 Å². The smallest absolute Gasteiger partial charge is 0.462 e. The maximum Gasteiger partial charge on any atom is 0.472 e. The molecule has 418 valence electrons. The number of rotatable bonds is 51. The van der Waals surface area contributed by atoms with E-state index in [1.165, 1.54) is 96.3 Å². The average Bonchev–Trinajstić information content (AvgIpc) is 3.93. The van der Waals surface area contributed by atoms with Crippen LogP contribution in [-0.4, -0.2) is 115 Å². The zero-order chi connectivity index (χ0) is 52.2. The number of esters is 2. The molecule has 2 fully saturated rings. The van der Waals surface area contributed by atoms with Crippen LogP contribution in [-0.2, 0) is 42.3 Å². The van der Waals surface area contributed by atoms with Gasteiger partial charge in [-0.1, -0.05) is 161 Å². The van der Waals surface area contributed by atoms with Crippen LogP contribution >= 0.6 is 19.6 Å². The van der Waals surface area contributed by atoms with Crippen molar-refractivity contribution >= 4 is 49.7 Å². The zero-order valence-corrected chi connectivity index (χ0v) is 46.8. The molecule has 0 aromatic heterocycles. The van der Waals surface area contributed by atoms with Gasteiger partial charge in [0.25, 0.3) is 0 Å². The molecular formula is C55H101N4O11PS. The molecule has 0 aromatic carbocycles. The number of nitrogens with one attached hydrogen (secondary N) is 3. The number of thioether (sulfide) groups is 1. The summed E-state index contributed by atoms with van der Waals surface area (Å²) in [5.41, 5.74) is 0. The summed E-state index contributed by atoms with van der Waals surface area (Å²) in [4.78, 5) is 73.6. The first-order valence-electron chi connectivity index (χ1n) is 28.8. The Balaban J connectivity index is 1.68. The van der Waals surface area contributed by atoms with Crippen LogP contribution in [0.15, 0.2) is 12.2 Å². The maximum atomic E-state index is 13.0. The van der Waals surface area contributed by atoms with Gasteiger partial charge in [0, 0.05) is 56.3 Å².